The molecule has 5 rings (SSSR count). The minimum atomic E-state index is -0.904. The van der Waals surface area contributed by atoms with E-state index in [0.29, 0.717) is 41.5 Å². The number of ether oxygens (including phenoxy) is 1. The van der Waals surface area contributed by atoms with Crippen LogP contribution in [0.4, 0.5) is 0 Å². The molecule has 0 bridgehead atoms. The number of piperidine rings is 1. The first kappa shape index (κ1) is 21.6. The Labute approximate surface area is 195 Å². The van der Waals surface area contributed by atoms with Gasteiger partial charge in [0.1, 0.15) is 16.9 Å². The molecule has 1 aromatic carbocycles. The Bertz CT molecular complexity index is 1300. The number of nitriles is 1. The second-order valence-electron chi connectivity index (χ2n) is 8.77. The molecule has 9 nitrogen and oxygen atoms in total. The second-order valence-corrected chi connectivity index (χ2v) is 9.15. The summed E-state index contributed by atoms with van der Waals surface area (Å²) >= 11 is 6.70. The van der Waals surface area contributed by atoms with Crippen LogP contribution in [0, 0.1) is 23.2 Å². The maximum Gasteiger partial charge on any atom is 0.324 e. The van der Waals surface area contributed by atoms with Gasteiger partial charge in [-0.15, -0.1) is 0 Å². The van der Waals surface area contributed by atoms with Gasteiger partial charge < -0.3 is 21.2 Å². The molecule has 2 aliphatic rings. The topological polar surface area (TPSA) is 147 Å². The van der Waals surface area contributed by atoms with E-state index in [4.69, 9.17) is 38.1 Å². The van der Waals surface area contributed by atoms with Crippen molar-refractivity contribution in [1.29, 1.82) is 5.26 Å². The average molecular weight is 466 g/mol. The number of hydrogen-bond donors (Lipinski definition) is 3. The van der Waals surface area contributed by atoms with Crippen LogP contribution in [0.5, 0.6) is 11.8 Å². The van der Waals surface area contributed by atoms with E-state index in [1.54, 1.807) is 24.3 Å². The molecule has 170 valence electrons. The highest BCUT2D eigenvalue weighted by atomic mass is 35.5. The Morgan fingerprint density at radius 2 is 2.15 bits per heavy atom. The van der Waals surface area contributed by atoms with Gasteiger partial charge in [-0.25, -0.2) is 0 Å². The summed E-state index contributed by atoms with van der Waals surface area (Å²) in [6.45, 7) is 5.36. The standard InChI is InChI=1S/C23H24ClN7O2/c1-3-16-18(24)17-19(11(2)31-9-14-15(10-31)23(14,27)21(26)32)29-22(30-20(17)28-16)33-13-6-4-5-12(7-13)8-25/h4-7,11,14-15H,3,9-10,27H2,1-2H3,(H2,26,32)(H,28,29,30). The maximum absolute atomic E-state index is 11.8. The first-order valence-corrected chi connectivity index (χ1v) is 11.2. The van der Waals surface area contributed by atoms with Crippen LogP contribution in [-0.4, -0.2) is 44.4 Å². The van der Waals surface area contributed by atoms with E-state index < -0.39 is 11.4 Å². The monoisotopic (exact) mass is 465 g/mol. The van der Waals surface area contributed by atoms with Crippen LogP contribution >= 0.6 is 11.6 Å². The molecule has 1 saturated heterocycles. The van der Waals surface area contributed by atoms with Gasteiger partial charge in [0.15, 0.2) is 0 Å². The fraction of sp³-hybridized carbons (Fsp3) is 0.391. The summed E-state index contributed by atoms with van der Waals surface area (Å²) in [5.74, 6) is 0.127. The molecule has 1 saturated carbocycles. The van der Waals surface area contributed by atoms with Crippen molar-refractivity contribution in [2.45, 2.75) is 31.8 Å². The Hall–Kier alpha value is -3.19. The Morgan fingerprint density at radius 1 is 1.42 bits per heavy atom. The third kappa shape index (κ3) is 3.33. The number of nitrogens with two attached hydrogens (primary N) is 2. The molecular weight excluding hydrogens is 442 g/mol. The Morgan fingerprint density at radius 3 is 2.79 bits per heavy atom. The number of H-pyrrole nitrogens is 1. The zero-order chi connectivity index (χ0) is 23.5. The number of nitrogens with zero attached hydrogens (tertiary/aromatic N) is 4. The zero-order valence-corrected chi connectivity index (χ0v) is 19.1. The third-order valence-electron chi connectivity index (χ3n) is 7.03. The molecule has 1 amide bonds. The summed E-state index contributed by atoms with van der Waals surface area (Å²) in [7, 11) is 0. The molecule has 3 aromatic rings. The fourth-order valence-electron chi connectivity index (χ4n) is 4.99. The third-order valence-corrected chi connectivity index (χ3v) is 7.45. The second kappa shape index (κ2) is 7.70. The van der Waals surface area contributed by atoms with Crippen LogP contribution in [0.1, 0.15) is 36.8 Å². The van der Waals surface area contributed by atoms with Gasteiger partial charge in [-0.3, -0.25) is 9.69 Å². The predicted octanol–water partition coefficient (Wildman–Crippen LogP) is 2.64. The van der Waals surface area contributed by atoms with E-state index in [0.717, 1.165) is 16.8 Å². The van der Waals surface area contributed by atoms with Gasteiger partial charge in [-0.1, -0.05) is 24.6 Å². The van der Waals surface area contributed by atoms with Gasteiger partial charge >= 0.3 is 6.01 Å². The molecule has 3 unspecified atom stereocenters. The van der Waals surface area contributed by atoms with Gasteiger partial charge in [0.2, 0.25) is 5.91 Å². The SMILES string of the molecule is CCc1[nH]c2nc(Oc3cccc(C#N)c3)nc(C(C)N3CC4C(C3)C4(N)C(N)=O)c2c1Cl. The lowest BCUT2D eigenvalue weighted by molar-refractivity contribution is -0.121. The van der Waals surface area contributed by atoms with Gasteiger partial charge in [-0.2, -0.15) is 15.2 Å². The number of aromatic amines is 1. The van der Waals surface area contributed by atoms with Crippen LogP contribution in [0.3, 0.4) is 0 Å². The van der Waals surface area contributed by atoms with E-state index in [1.165, 1.54) is 0 Å². The van der Waals surface area contributed by atoms with Crippen LogP contribution < -0.4 is 16.2 Å². The van der Waals surface area contributed by atoms with Crippen molar-refractivity contribution in [3.8, 4) is 17.8 Å². The molecule has 0 radical (unpaired) electrons. The number of halogens is 1. The van der Waals surface area contributed by atoms with Crippen LogP contribution in [-0.2, 0) is 11.2 Å². The molecule has 5 N–H and O–H groups in total. The van der Waals surface area contributed by atoms with Gasteiger partial charge in [-0.05, 0) is 31.5 Å². The molecule has 2 fully saturated rings. The molecule has 1 aliphatic heterocycles. The lowest BCUT2D eigenvalue weighted by Crippen LogP contribution is -2.47. The highest BCUT2D eigenvalue weighted by Crippen LogP contribution is 2.55. The van der Waals surface area contributed by atoms with E-state index in [1.807, 2.05) is 13.8 Å². The number of fused-ring (bicyclic) bond motifs is 2. The predicted molar refractivity (Wildman–Crippen MR) is 123 cm³/mol. The molecule has 10 heteroatoms. The van der Waals surface area contributed by atoms with E-state index in [9.17, 15) is 4.79 Å². The van der Waals surface area contributed by atoms with Gasteiger partial charge in [0, 0.05) is 30.6 Å². The first-order valence-electron chi connectivity index (χ1n) is 10.9. The summed E-state index contributed by atoms with van der Waals surface area (Å²) in [4.78, 5) is 26.5. The van der Waals surface area contributed by atoms with Crippen molar-refractivity contribution in [3.05, 3.63) is 46.2 Å². The summed E-state index contributed by atoms with van der Waals surface area (Å²) in [5.41, 5.74) is 13.5. The number of hydrogen-bond acceptors (Lipinski definition) is 7. The number of nitrogens with one attached hydrogen (secondary N) is 1. The van der Waals surface area contributed by atoms with Gasteiger partial charge in [0.25, 0.3) is 0 Å². The van der Waals surface area contributed by atoms with E-state index in [-0.39, 0.29) is 23.9 Å². The number of amides is 1. The van der Waals surface area contributed by atoms with Crippen molar-refractivity contribution in [2.24, 2.45) is 23.3 Å². The molecule has 3 heterocycles. The molecule has 2 aromatic heterocycles. The highest BCUT2D eigenvalue weighted by molar-refractivity contribution is 6.36. The van der Waals surface area contributed by atoms with E-state index in [2.05, 4.69) is 20.9 Å². The Balaban J connectivity index is 1.51. The lowest BCUT2D eigenvalue weighted by atomic mass is 10.1. The molecule has 3 atom stereocenters. The fourth-order valence-corrected chi connectivity index (χ4v) is 5.36. The average Bonchev–Trinajstić information content (AvgIpc) is 3.12. The number of primary amides is 1. The number of benzene rings is 1. The van der Waals surface area contributed by atoms with Crippen molar-refractivity contribution >= 4 is 28.5 Å². The number of rotatable bonds is 6. The summed E-state index contributed by atoms with van der Waals surface area (Å²) in [5, 5.41) is 10.5. The van der Waals surface area contributed by atoms with Crippen molar-refractivity contribution in [3.63, 3.8) is 0 Å². The van der Waals surface area contributed by atoms with Crippen molar-refractivity contribution < 1.29 is 9.53 Å². The maximum atomic E-state index is 11.8. The summed E-state index contributed by atoms with van der Waals surface area (Å²) < 4.78 is 5.92. The number of aryl methyl sites for hydroxylation is 1. The summed E-state index contributed by atoms with van der Waals surface area (Å²) in [6.07, 6.45) is 0.714. The number of likely N-dealkylation sites (tertiary alicyclic amines) is 1. The molecular formula is C23H24ClN7O2. The smallest absolute Gasteiger partial charge is 0.324 e. The minimum absolute atomic E-state index is 0.0483. The van der Waals surface area contributed by atoms with Crippen molar-refractivity contribution in [2.75, 3.05) is 13.1 Å². The van der Waals surface area contributed by atoms with E-state index >= 15 is 0 Å². The number of carbonyl (C=O) groups is 1. The zero-order valence-electron chi connectivity index (χ0n) is 18.3. The summed E-state index contributed by atoms with van der Waals surface area (Å²) in [6, 6.07) is 8.96. The molecule has 0 spiro atoms. The molecule has 1 aliphatic carbocycles. The van der Waals surface area contributed by atoms with Crippen LogP contribution in [0.2, 0.25) is 5.02 Å². The van der Waals surface area contributed by atoms with Crippen LogP contribution in [0.15, 0.2) is 24.3 Å². The van der Waals surface area contributed by atoms with Crippen molar-refractivity contribution in [1.82, 2.24) is 19.9 Å². The minimum Gasteiger partial charge on any atom is -0.424 e. The quantitative estimate of drug-likeness (QED) is 0.506. The Kier molecular flexibility index (Phi) is 5.05. The van der Waals surface area contributed by atoms with Crippen LogP contribution in [0.25, 0.3) is 11.0 Å². The number of carbonyl (C=O) groups excluding carboxylic acids is 1. The first-order chi connectivity index (χ1) is 15.8. The normalized spacial score (nSPS) is 24.9. The largest absolute Gasteiger partial charge is 0.424 e. The molecule has 33 heavy (non-hydrogen) atoms. The van der Waals surface area contributed by atoms with Gasteiger partial charge in [0.05, 0.1) is 33.8 Å². The lowest BCUT2D eigenvalue weighted by Gasteiger charge is -2.28. The highest BCUT2D eigenvalue weighted by Gasteiger charge is 2.70. The number of aromatic nitrogens is 3.